The second kappa shape index (κ2) is 5.63. The number of carbonyl (C=O) groups is 2. The molecular weight excluding hydrogens is 258 g/mol. The molecule has 1 rings (SSSR count). The lowest BCUT2D eigenvalue weighted by atomic mass is 10.2. The molecule has 0 aromatic heterocycles. The minimum Gasteiger partial charge on any atom is -0.478 e. The summed E-state index contributed by atoms with van der Waals surface area (Å²) in [5.74, 6) is -1.80. The minimum atomic E-state index is -3.19. The molecule has 0 fully saturated rings. The highest BCUT2D eigenvalue weighted by atomic mass is 32.2. The van der Waals surface area contributed by atoms with E-state index in [0.717, 1.165) is 6.26 Å². The number of carboxylic acids is 1. The third kappa shape index (κ3) is 4.96. The molecule has 0 aliphatic heterocycles. The number of carbonyl (C=O) groups excluding carboxylic acids is 1. The molecule has 7 heteroatoms. The van der Waals surface area contributed by atoms with Gasteiger partial charge in [0.15, 0.2) is 0 Å². The van der Waals surface area contributed by atoms with Gasteiger partial charge in [0.1, 0.15) is 9.84 Å². The second-order valence-corrected chi connectivity index (χ2v) is 6.07. The Morgan fingerprint density at radius 2 is 2.00 bits per heavy atom. The fourth-order valence-electron chi connectivity index (χ4n) is 1.23. The maximum atomic E-state index is 11.4. The number of benzene rings is 1. The topological polar surface area (TPSA) is 101 Å². The zero-order valence-corrected chi connectivity index (χ0v) is 10.5. The minimum absolute atomic E-state index is 0.0518. The van der Waals surface area contributed by atoms with Gasteiger partial charge in [-0.1, -0.05) is 6.07 Å². The Balaban J connectivity index is 2.65. The van der Waals surface area contributed by atoms with Crippen LogP contribution in [0, 0.1) is 0 Å². The molecule has 0 saturated carbocycles. The average Bonchev–Trinajstić information content (AvgIpc) is 2.26. The van der Waals surface area contributed by atoms with Crippen LogP contribution >= 0.6 is 0 Å². The summed E-state index contributed by atoms with van der Waals surface area (Å²) < 4.78 is 21.7. The fourth-order valence-corrected chi connectivity index (χ4v) is 1.79. The number of sulfone groups is 1. The Hall–Kier alpha value is -1.89. The van der Waals surface area contributed by atoms with E-state index < -0.39 is 21.7 Å². The van der Waals surface area contributed by atoms with Gasteiger partial charge in [-0.3, -0.25) is 4.79 Å². The van der Waals surface area contributed by atoms with Gasteiger partial charge >= 0.3 is 5.97 Å². The number of anilines is 1. The Morgan fingerprint density at radius 1 is 1.33 bits per heavy atom. The van der Waals surface area contributed by atoms with E-state index in [1.54, 1.807) is 0 Å². The Morgan fingerprint density at radius 3 is 2.56 bits per heavy atom. The number of hydrogen-bond acceptors (Lipinski definition) is 4. The van der Waals surface area contributed by atoms with Crippen LogP contribution in [0.5, 0.6) is 0 Å². The van der Waals surface area contributed by atoms with Crippen molar-refractivity contribution in [3.05, 3.63) is 29.8 Å². The molecule has 1 aromatic rings. The molecule has 1 aromatic carbocycles. The van der Waals surface area contributed by atoms with Crippen LogP contribution in [0.1, 0.15) is 16.8 Å². The van der Waals surface area contributed by atoms with Gasteiger partial charge in [-0.2, -0.15) is 0 Å². The predicted octanol–water partition coefficient (Wildman–Crippen LogP) is 0.758. The first-order chi connectivity index (χ1) is 8.28. The highest BCUT2D eigenvalue weighted by Gasteiger charge is 2.09. The summed E-state index contributed by atoms with van der Waals surface area (Å²) in [6.07, 6.45) is 0.890. The van der Waals surface area contributed by atoms with Crippen LogP contribution in [-0.4, -0.2) is 37.4 Å². The van der Waals surface area contributed by atoms with Gasteiger partial charge in [-0.15, -0.1) is 0 Å². The van der Waals surface area contributed by atoms with Crippen LogP contribution in [0.15, 0.2) is 24.3 Å². The molecule has 0 atom stereocenters. The summed E-state index contributed by atoms with van der Waals surface area (Å²) in [5, 5.41) is 11.2. The van der Waals surface area contributed by atoms with Gasteiger partial charge in [0.25, 0.3) is 0 Å². The van der Waals surface area contributed by atoms with E-state index >= 15 is 0 Å². The predicted molar refractivity (Wildman–Crippen MR) is 66.4 cm³/mol. The lowest BCUT2D eigenvalue weighted by molar-refractivity contribution is -0.115. The first-order valence-corrected chi connectivity index (χ1v) is 7.15. The molecule has 98 valence electrons. The van der Waals surface area contributed by atoms with Gasteiger partial charge in [0, 0.05) is 18.4 Å². The highest BCUT2D eigenvalue weighted by molar-refractivity contribution is 7.90. The summed E-state index contributed by atoms with van der Waals surface area (Å²) in [4.78, 5) is 22.1. The molecule has 0 aliphatic rings. The summed E-state index contributed by atoms with van der Waals surface area (Å²) in [5.41, 5.74) is 0.379. The lowest BCUT2D eigenvalue weighted by Gasteiger charge is -2.05. The van der Waals surface area contributed by atoms with Crippen molar-refractivity contribution in [1.29, 1.82) is 0 Å². The third-order valence-corrected chi connectivity index (χ3v) is 3.04. The molecule has 18 heavy (non-hydrogen) atoms. The van der Waals surface area contributed by atoms with Crippen LogP contribution in [0.4, 0.5) is 5.69 Å². The van der Waals surface area contributed by atoms with Crippen LogP contribution in [0.2, 0.25) is 0 Å². The van der Waals surface area contributed by atoms with Crippen molar-refractivity contribution in [3.8, 4) is 0 Å². The second-order valence-electron chi connectivity index (χ2n) is 3.81. The lowest BCUT2D eigenvalue weighted by Crippen LogP contribution is -2.16. The maximum absolute atomic E-state index is 11.4. The quantitative estimate of drug-likeness (QED) is 0.823. The van der Waals surface area contributed by atoms with E-state index in [1.807, 2.05) is 0 Å². The first kappa shape index (κ1) is 14.2. The number of nitrogens with one attached hydrogen (secondary N) is 1. The monoisotopic (exact) mass is 271 g/mol. The molecule has 0 radical (unpaired) electrons. The van der Waals surface area contributed by atoms with Crippen LogP contribution in [0.25, 0.3) is 0 Å². The normalized spacial score (nSPS) is 10.9. The third-order valence-electron chi connectivity index (χ3n) is 2.09. The van der Waals surface area contributed by atoms with E-state index in [0.29, 0.717) is 5.69 Å². The van der Waals surface area contributed by atoms with Crippen molar-refractivity contribution in [2.45, 2.75) is 6.42 Å². The number of hydrogen-bond donors (Lipinski definition) is 2. The van der Waals surface area contributed by atoms with E-state index in [4.69, 9.17) is 5.11 Å². The van der Waals surface area contributed by atoms with Crippen molar-refractivity contribution in [2.24, 2.45) is 0 Å². The summed E-state index contributed by atoms with van der Waals surface area (Å²) in [6.45, 7) is 0. The zero-order chi connectivity index (χ0) is 13.8. The molecule has 0 bridgehead atoms. The van der Waals surface area contributed by atoms with Gasteiger partial charge in [-0.25, -0.2) is 13.2 Å². The Bertz CT molecular complexity index is 565. The Kier molecular flexibility index (Phi) is 4.43. The summed E-state index contributed by atoms with van der Waals surface area (Å²) >= 11 is 0. The molecule has 2 N–H and O–H groups in total. The molecule has 0 spiro atoms. The van der Waals surface area contributed by atoms with Crippen molar-refractivity contribution < 1.29 is 23.1 Å². The molecule has 1 amide bonds. The number of aromatic carboxylic acids is 1. The summed E-state index contributed by atoms with van der Waals surface area (Å²) in [7, 11) is -3.19. The zero-order valence-electron chi connectivity index (χ0n) is 9.71. The van der Waals surface area contributed by atoms with Crippen molar-refractivity contribution in [1.82, 2.24) is 0 Å². The highest BCUT2D eigenvalue weighted by Crippen LogP contribution is 2.11. The fraction of sp³-hybridized carbons (Fsp3) is 0.273. The van der Waals surface area contributed by atoms with Gasteiger partial charge in [0.2, 0.25) is 5.91 Å². The number of rotatable bonds is 5. The van der Waals surface area contributed by atoms with Crippen LogP contribution in [0.3, 0.4) is 0 Å². The van der Waals surface area contributed by atoms with E-state index in [-0.39, 0.29) is 17.7 Å². The van der Waals surface area contributed by atoms with Crippen molar-refractivity contribution in [3.63, 3.8) is 0 Å². The molecular formula is C11H13NO5S. The van der Waals surface area contributed by atoms with E-state index in [2.05, 4.69) is 5.32 Å². The maximum Gasteiger partial charge on any atom is 0.335 e. The SMILES string of the molecule is CS(=O)(=O)CCC(=O)Nc1cccc(C(=O)O)c1. The standard InChI is InChI=1S/C11H13NO5S/c1-18(16,17)6-5-10(13)12-9-4-2-3-8(7-9)11(14)15/h2-4,7H,5-6H2,1H3,(H,12,13)(H,14,15). The number of carboxylic acid groups (broad SMARTS) is 1. The smallest absolute Gasteiger partial charge is 0.335 e. The van der Waals surface area contributed by atoms with Gasteiger partial charge in [-0.05, 0) is 18.2 Å². The Labute approximate surface area is 105 Å². The van der Waals surface area contributed by atoms with Crippen LogP contribution < -0.4 is 5.32 Å². The van der Waals surface area contributed by atoms with Gasteiger partial charge < -0.3 is 10.4 Å². The molecule has 0 aliphatic carbocycles. The molecule has 0 heterocycles. The van der Waals surface area contributed by atoms with Crippen molar-refractivity contribution in [2.75, 3.05) is 17.3 Å². The molecule has 6 nitrogen and oxygen atoms in total. The van der Waals surface area contributed by atoms with E-state index in [9.17, 15) is 18.0 Å². The van der Waals surface area contributed by atoms with Crippen molar-refractivity contribution >= 4 is 27.4 Å². The number of amides is 1. The first-order valence-electron chi connectivity index (χ1n) is 5.09. The van der Waals surface area contributed by atoms with E-state index in [1.165, 1.54) is 24.3 Å². The van der Waals surface area contributed by atoms with Crippen LogP contribution in [-0.2, 0) is 14.6 Å². The molecule has 0 saturated heterocycles. The summed E-state index contributed by atoms with van der Waals surface area (Å²) in [6, 6.07) is 5.73. The molecule has 0 unspecified atom stereocenters. The average molecular weight is 271 g/mol. The largest absolute Gasteiger partial charge is 0.478 e. The van der Waals surface area contributed by atoms with Gasteiger partial charge in [0.05, 0.1) is 11.3 Å².